The van der Waals surface area contributed by atoms with Crippen LogP contribution in [-0.4, -0.2) is 33.3 Å². The van der Waals surface area contributed by atoms with Crippen molar-refractivity contribution in [2.75, 3.05) is 12.9 Å². The minimum absolute atomic E-state index is 0.430. The van der Waals surface area contributed by atoms with Gasteiger partial charge in [0.2, 0.25) is 5.92 Å². The highest BCUT2D eigenvalue weighted by atomic mass is 32.3. The Morgan fingerprint density at radius 3 is 2.29 bits per heavy atom. The number of hydrogen-bond donors (Lipinski definition) is 0. The van der Waals surface area contributed by atoms with Gasteiger partial charge in [-0.15, -0.1) is 3.89 Å². The van der Waals surface area contributed by atoms with E-state index < -0.39 is 46.8 Å². The van der Waals surface area contributed by atoms with Crippen LogP contribution in [0.15, 0.2) is 0 Å². The zero-order chi connectivity index (χ0) is 11.0. The maximum atomic E-state index is 12.4. The quantitative estimate of drug-likeness (QED) is 0.687. The second kappa shape index (κ2) is 3.69. The zero-order valence-electron chi connectivity index (χ0n) is 7.54. The first-order valence-corrected chi connectivity index (χ1v) is 5.62. The highest BCUT2D eigenvalue weighted by molar-refractivity contribution is 7.86. The summed E-state index contributed by atoms with van der Waals surface area (Å²) >= 11 is 0. The molecule has 0 aliphatic heterocycles. The number of halogens is 3. The van der Waals surface area contributed by atoms with Crippen LogP contribution in [0.5, 0.6) is 0 Å². The average molecular weight is 232 g/mol. The molecule has 0 radical (unpaired) electrons. The SMILES string of the molecule is COC(CS(=O)(=O)F)C1CC(F)(F)C1. The van der Waals surface area contributed by atoms with Crippen LogP contribution in [0.4, 0.5) is 12.7 Å². The fourth-order valence-corrected chi connectivity index (χ4v) is 2.36. The molecule has 0 spiro atoms. The summed E-state index contributed by atoms with van der Waals surface area (Å²) in [6, 6.07) is 0. The Kier molecular flexibility index (Phi) is 3.10. The number of hydrogen-bond acceptors (Lipinski definition) is 3. The molecule has 1 aliphatic rings. The molecule has 0 saturated heterocycles. The molecule has 0 N–H and O–H groups in total. The maximum Gasteiger partial charge on any atom is 0.304 e. The normalized spacial score (nSPS) is 24.3. The molecule has 0 aromatic carbocycles. The summed E-state index contributed by atoms with van der Waals surface area (Å²) in [7, 11) is -3.48. The summed E-state index contributed by atoms with van der Waals surface area (Å²) in [6.07, 6.45) is -1.83. The molecule has 0 heterocycles. The summed E-state index contributed by atoms with van der Waals surface area (Å²) in [5.74, 6) is -4.16. The third-order valence-corrected chi connectivity index (χ3v) is 3.04. The largest absolute Gasteiger partial charge is 0.380 e. The van der Waals surface area contributed by atoms with Gasteiger partial charge in [-0.25, -0.2) is 8.78 Å². The lowest BCUT2D eigenvalue weighted by molar-refractivity contribution is -0.142. The van der Waals surface area contributed by atoms with E-state index in [9.17, 15) is 21.1 Å². The van der Waals surface area contributed by atoms with E-state index in [0.717, 1.165) is 0 Å². The van der Waals surface area contributed by atoms with Gasteiger partial charge in [-0.2, -0.15) is 8.42 Å². The van der Waals surface area contributed by atoms with E-state index in [0.29, 0.717) is 0 Å². The van der Waals surface area contributed by atoms with Crippen LogP contribution in [0.1, 0.15) is 12.8 Å². The lowest BCUT2D eigenvalue weighted by atomic mass is 9.78. The summed E-state index contributed by atoms with van der Waals surface area (Å²) < 4.78 is 62.3. The Hall–Kier alpha value is -0.300. The average Bonchev–Trinajstić information content (AvgIpc) is 1.93. The van der Waals surface area contributed by atoms with Gasteiger partial charge in [0, 0.05) is 20.0 Å². The van der Waals surface area contributed by atoms with E-state index >= 15 is 0 Å². The lowest BCUT2D eigenvalue weighted by Gasteiger charge is -2.38. The summed E-state index contributed by atoms with van der Waals surface area (Å²) in [4.78, 5) is 0. The standard InChI is InChI=1S/C7H11F3O3S/c1-13-6(4-14(10,11)12)5-2-7(8,9)3-5/h5-6H,2-4H2,1H3. The molecule has 14 heavy (non-hydrogen) atoms. The van der Waals surface area contributed by atoms with Crippen molar-refractivity contribution in [2.24, 2.45) is 5.92 Å². The van der Waals surface area contributed by atoms with Crippen molar-refractivity contribution >= 4 is 10.2 Å². The molecule has 84 valence electrons. The molecule has 1 aliphatic carbocycles. The fourth-order valence-electron chi connectivity index (χ4n) is 1.56. The molecule has 1 rings (SSSR count). The second-order valence-corrected chi connectivity index (χ2v) is 4.91. The predicted molar refractivity (Wildman–Crippen MR) is 43.4 cm³/mol. The van der Waals surface area contributed by atoms with E-state index in [-0.39, 0.29) is 0 Å². The van der Waals surface area contributed by atoms with Crippen molar-refractivity contribution in [3.05, 3.63) is 0 Å². The Bertz CT molecular complexity index is 293. The molecule has 1 fully saturated rings. The van der Waals surface area contributed by atoms with Crippen LogP contribution >= 0.6 is 0 Å². The fraction of sp³-hybridized carbons (Fsp3) is 1.00. The topological polar surface area (TPSA) is 43.4 Å². The van der Waals surface area contributed by atoms with Crippen molar-refractivity contribution in [1.29, 1.82) is 0 Å². The third-order valence-electron chi connectivity index (χ3n) is 2.31. The summed E-state index contributed by atoms with van der Waals surface area (Å²) in [6.45, 7) is 0. The third kappa shape index (κ3) is 3.13. The molecule has 3 nitrogen and oxygen atoms in total. The van der Waals surface area contributed by atoms with E-state index in [4.69, 9.17) is 0 Å². The van der Waals surface area contributed by atoms with Crippen LogP contribution in [-0.2, 0) is 15.0 Å². The molecule has 0 bridgehead atoms. The van der Waals surface area contributed by atoms with Crippen molar-refractivity contribution in [2.45, 2.75) is 24.9 Å². The molecule has 0 amide bonds. The minimum Gasteiger partial charge on any atom is -0.380 e. The van der Waals surface area contributed by atoms with E-state index in [2.05, 4.69) is 4.74 Å². The smallest absolute Gasteiger partial charge is 0.304 e. The summed E-state index contributed by atoms with van der Waals surface area (Å²) in [5, 5.41) is 0. The van der Waals surface area contributed by atoms with Crippen molar-refractivity contribution in [3.63, 3.8) is 0 Å². The van der Waals surface area contributed by atoms with Gasteiger partial charge in [-0.3, -0.25) is 0 Å². The molecule has 1 unspecified atom stereocenters. The second-order valence-electron chi connectivity index (χ2n) is 3.50. The highest BCUT2D eigenvalue weighted by Crippen LogP contribution is 2.44. The Morgan fingerprint density at radius 1 is 1.50 bits per heavy atom. The first kappa shape index (κ1) is 11.8. The number of methoxy groups -OCH3 is 1. The van der Waals surface area contributed by atoms with Gasteiger partial charge in [0.1, 0.15) is 5.75 Å². The van der Waals surface area contributed by atoms with Crippen LogP contribution < -0.4 is 0 Å². The van der Waals surface area contributed by atoms with Gasteiger partial charge in [0.15, 0.2) is 0 Å². The van der Waals surface area contributed by atoms with Gasteiger partial charge >= 0.3 is 10.2 Å². The molecule has 0 aromatic rings. The van der Waals surface area contributed by atoms with Gasteiger partial charge in [-0.05, 0) is 5.92 Å². The van der Waals surface area contributed by atoms with E-state index in [1.54, 1.807) is 0 Å². The first-order valence-electron chi connectivity index (χ1n) is 4.06. The van der Waals surface area contributed by atoms with Gasteiger partial charge < -0.3 is 4.74 Å². The maximum absolute atomic E-state index is 12.4. The lowest BCUT2D eigenvalue weighted by Crippen LogP contribution is -2.44. The first-order chi connectivity index (χ1) is 6.23. The highest BCUT2D eigenvalue weighted by Gasteiger charge is 2.49. The Morgan fingerprint density at radius 2 is 2.00 bits per heavy atom. The molecule has 1 atom stereocenters. The zero-order valence-corrected chi connectivity index (χ0v) is 8.36. The van der Waals surface area contributed by atoms with Crippen molar-refractivity contribution in [1.82, 2.24) is 0 Å². The van der Waals surface area contributed by atoms with E-state index in [1.165, 1.54) is 7.11 Å². The van der Waals surface area contributed by atoms with Crippen molar-refractivity contribution in [3.8, 4) is 0 Å². The molecular weight excluding hydrogens is 221 g/mol. The Labute approximate surface area is 80.5 Å². The van der Waals surface area contributed by atoms with Crippen LogP contribution in [0.25, 0.3) is 0 Å². The van der Waals surface area contributed by atoms with Crippen LogP contribution in [0, 0.1) is 5.92 Å². The van der Waals surface area contributed by atoms with Crippen molar-refractivity contribution < 1.29 is 25.8 Å². The van der Waals surface area contributed by atoms with Crippen LogP contribution in [0.3, 0.4) is 0 Å². The monoisotopic (exact) mass is 232 g/mol. The number of alkyl halides is 2. The van der Waals surface area contributed by atoms with Gasteiger partial charge in [0.25, 0.3) is 0 Å². The minimum atomic E-state index is -4.66. The molecule has 7 heteroatoms. The Balaban J connectivity index is 2.50. The summed E-state index contributed by atoms with van der Waals surface area (Å²) in [5.41, 5.74) is 0. The van der Waals surface area contributed by atoms with E-state index in [1.807, 2.05) is 0 Å². The molecule has 0 aromatic heterocycles. The van der Waals surface area contributed by atoms with Gasteiger partial charge in [-0.1, -0.05) is 0 Å². The number of rotatable bonds is 4. The molecule has 1 saturated carbocycles. The van der Waals surface area contributed by atoms with Crippen LogP contribution in [0.2, 0.25) is 0 Å². The predicted octanol–water partition coefficient (Wildman–Crippen LogP) is 1.35. The van der Waals surface area contributed by atoms with Gasteiger partial charge in [0.05, 0.1) is 6.10 Å². The number of ether oxygens (including phenoxy) is 1. The molecular formula is C7H11F3O3S.